The van der Waals surface area contributed by atoms with Gasteiger partial charge in [0.1, 0.15) is 5.69 Å². The predicted octanol–water partition coefficient (Wildman–Crippen LogP) is 3.60. The zero-order valence-electron chi connectivity index (χ0n) is 17.9. The number of carbonyl (C=O) groups excluding carboxylic acids is 2. The van der Waals surface area contributed by atoms with Crippen LogP contribution in [-0.2, 0) is 9.59 Å². The molecule has 2 amide bonds. The molecule has 3 aliphatic rings. The minimum atomic E-state index is -0.416. The Labute approximate surface area is 186 Å². The highest BCUT2D eigenvalue weighted by Gasteiger charge is 2.49. The number of para-hydroxylation sites is 1. The second-order valence-corrected chi connectivity index (χ2v) is 8.75. The normalized spacial score (nSPS) is 23.4. The number of hydrogen-bond acceptors (Lipinski definition) is 6. The van der Waals surface area contributed by atoms with Gasteiger partial charge in [0.15, 0.2) is 0 Å². The fourth-order valence-electron chi connectivity index (χ4n) is 5.33. The maximum absolute atomic E-state index is 12.9. The van der Waals surface area contributed by atoms with Crippen molar-refractivity contribution in [2.75, 3.05) is 40.9 Å². The molecule has 0 N–H and O–H groups in total. The standard InChI is InChI=1S/C24H26N4O4/c29-23-19-8-4-5-9-20(19)24(30)27(23)18-10-11-21(22(16-18)28(31)32)26-14-12-25(13-15-26)17-6-2-1-3-7-17/h1-3,6-7,10-11,16,19-20H,4-5,8-9,12-15H2/t19-,20+. The maximum atomic E-state index is 12.9. The van der Waals surface area contributed by atoms with Crippen LogP contribution in [0.5, 0.6) is 0 Å². The number of amides is 2. The lowest BCUT2D eigenvalue weighted by Gasteiger charge is -2.37. The lowest BCUT2D eigenvalue weighted by molar-refractivity contribution is -0.384. The van der Waals surface area contributed by atoms with Gasteiger partial charge < -0.3 is 9.80 Å². The van der Waals surface area contributed by atoms with Gasteiger partial charge in [-0.05, 0) is 37.1 Å². The highest BCUT2D eigenvalue weighted by Crippen LogP contribution is 2.42. The van der Waals surface area contributed by atoms with Crippen LogP contribution >= 0.6 is 0 Å². The van der Waals surface area contributed by atoms with E-state index in [4.69, 9.17) is 0 Å². The van der Waals surface area contributed by atoms with Gasteiger partial charge in [-0.15, -0.1) is 0 Å². The van der Waals surface area contributed by atoms with Gasteiger partial charge in [-0.1, -0.05) is 31.0 Å². The molecule has 3 fully saturated rings. The van der Waals surface area contributed by atoms with Crippen LogP contribution in [0.25, 0.3) is 0 Å². The van der Waals surface area contributed by atoms with Crippen LogP contribution in [-0.4, -0.2) is 42.9 Å². The SMILES string of the molecule is O=C1[C@H]2CCCC[C@H]2C(=O)N1c1ccc(N2CCN(c3ccccc3)CC2)c([N+](=O)[O-])c1. The number of rotatable bonds is 4. The molecule has 2 aliphatic heterocycles. The zero-order chi connectivity index (χ0) is 22.2. The Balaban J connectivity index is 1.38. The van der Waals surface area contributed by atoms with Crippen LogP contribution in [0, 0.1) is 22.0 Å². The number of anilines is 3. The Morgan fingerprint density at radius 1 is 0.781 bits per heavy atom. The average molecular weight is 434 g/mol. The fourth-order valence-corrected chi connectivity index (χ4v) is 5.33. The molecule has 5 rings (SSSR count). The van der Waals surface area contributed by atoms with Crippen molar-refractivity contribution >= 4 is 34.6 Å². The molecule has 32 heavy (non-hydrogen) atoms. The first kappa shape index (κ1) is 20.5. The fraction of sp³-hybridized carbons (Fsp3) is 0.417. The van der Waals surface area contributed by atoms with Crippen molar-refractivity contribution in [1.82, 2.24) is 0 Å². The van der Waals surface area contributed by atoms with Gasteiger partial charge in [0.25, 0.3) is 5.69 Å². The van der Waals surface area contributed by atoms with Crippen LogP contribution in [0.15, 0.2) is 48.5 Å². The molecule has 1 saturated carbocycles. The lowest BCUT2D eigenvalue weighted by atomic mass is 9.81. The van der Waals surface area contributed by atoms with Crippen LogP contribution in [0.4, 0.5) is 22.7 Å². The molecule has 0 aromatic heterocycles. The first-order valence-electron chi connectivity index (χ1n) is 11.3. The van der Waals surface area contributed by atoms with Crippen molar-refractivity contribution in [2.24, 2.45) is 11.8 Å². The summed E-state index contributed by atoms with van der Waals surface area (Å²) in [6.07, 6.45) is 3.33. The number of nitrogens with zero attached hydrogens (tertiary/aromatic N) is 4. The number of fused-ring (bicyclic) bond motifs is 1. The Hall–Kier alpha value is -3.42. The van der Waals surface area contributed by atoms with Gasteiger partial charge in [-0.2, -0.15) is 0 Å². The molecular formula is C24H26N4O4. The number of nitro groups is 1. The monoisotopic (exact) mass is 434 g/mol. The number of nitro benzene ring substituents is 1. The van der Waals surface area contributed by atoms with Crippen molar-refractivity contribution < 1.29 is 14.5 Å². The van der Waals surface area contributed by atoms with E-state index in [1.54, 1.807) is 12.1 Å². The van der Waals surface area contributed by atoms with Crippen molar-refractivity contribution in [3.05, 3.63) is 58.6 Å². The van der Waals surface area contributed by atoms with Crippen LogP contribution in [0.1, 0.15) is 25.7 Å². The summed E-state index contributed by atoms with van der Waals surface area (Å²) in [5, 5.41) is 11.9. The largest absolute Gasteiger partial charge is 0.368 e. The average Bonchev–Trinajstić information content (AvgIpc) is 3.09. The molecule has 2 saturated heterocycles. The smallest absolute Gasteiger partial charge is 0.294 e. The number of hydrogen-bond donors (Lipinski definition) is 0. The molecule has 0 spiro atoms. The minimum Gasteiger partial charge on any atom is -0.368 e. The summed E-state index contributed by atoms with van der Waals surface area (Å²) in [5.41, 5.74) is 1.92. The highest BCUT2D eigenvalue weighted by atomic mass is 16.6. The zero-order valence-corrected chi connectivity index (χ0v) is 17.9. The van der Waals surface area contributed by atoms with Gasteiger partial charge in [-0.25, -0.2) is 4.90 Å². The molecule has 2 aromatic rings. The van der Waals surface area contributed by atoms with Crippen LogP contribution in [0.2, 0.25) is 0 Å². The van der Waals surface area contributed by atoms with E-state index in [9.17, 15) is 19.7 Å². The van der Waals surface area contributed by atoms with Crippen molar-refractivity contribution in [3.63, 3.8) is 0 Å². The molecule has 0 unspecified atom stereocenters. The molecule has 0 bridgehead atoms. The van der Waals surface area contributed by atoms with Crippen molar-refractivity contribution in [3.8, 4) is 0 Å². The number of piperazine rings is 1. The second-order valence-electron chi connectivity index (χ2n) is 8.75. The summed E-state index contributed by atoms with van der Waals surface area (Å²) >= 11 is 0. The molecule has 0 radical (unpaired) electrons. The van der Waals surface area contributed by atoms with E-state index in [2.05, 4.69) is 17.0 Å². The van der Waals surface area contributed by atoms with E-state index >= 15 is 0 Å². The van der Waals surface area contributed by atoms with E-state index in [0.717, 1.165) is 44.5 Å². The third-order valence-corrected chi connectivity index (χ3v) is 7.00. The second kappa shape index (κ2) is 8.26. The van der Waals surface area contributed by atoms with Crippen LogP contribution < -0.4 is 14.7 Å². The van der Waals surface area contributed by atoms with Crippen molar-refractivity contribution in [1.29, 1.82) is 0 Å². The molecular weight excluding hydrogens is 408 g/mol. The van der Waals surface area contributed by atoms with E-state index in [1.165, 1.54) is 11.0 Å². The quantitative estimate of drug-likeness (QED) is 0.415. The van der Waals surface area contributed by atoms with E-state index in [0.29, 0.717) is 24.5 Å². The Morgan fingerprint density at radius 2 is 1.38 bits per heavy atom. The van der Waals surface area contributed by atoms with E-state index in [1.807, 2.05) is 23.1 Å². The minimum absolute atomic E-state index is 0.0638. The molecule has 1 aliphatic carbocycles. The lowest BCUT2D eigenvalue weighted by Crippen LogP contribution is -2.46. The molecule has 166 valence electrons. The maximum Gasteiger partial charge on any atom is 0.294 e. The molecule has 2 heterocycles. The summed E-state index contributed by atoms with van der Waals surface area (Å²) in [4.78, 5) is 42.8. The predicted molar refractivity (Wildman–Crippen MR) is 122 cm³/mol. The van der Waals surface area contributed by atoms with Gasteiger partial charge >= 0.3 is 0 Å². The van der Waals surface area contributed by atoms with Gasteiger partial charge in [0.05, 0.1) is 22.4 Å². The number of benzene rings is 2. The Bertz CT molecular complexity index is 1030. The summed E-state index contributed by atoms with van der Waals surface area (Å²) in [6.45, 7) is 2.83. The van der Waals surface area contributed by atoms with Gasteiger partial charge in [0.2, 0.25) is 11.8 Å². The molecule has 2 atom stereocenters. The van der Waals surface area contributed by atoms with Crippen LogP contribution in [0.3, 0.4) is 0 Å². The van der Waals surface area contributed by atoms with E-state index < -0.39 is 4.92 Å². The van der Waals surface area contributed by atoms with Crippen molar-refractivity contribution in [2.45, 2.75) is 25.7 Å². The summed E-state index contributed by atoms with van der Waals surface area (Å²) in [7, 11) is 0. The summed E-state index contributed by atoms with van der Waals surface area (Å²) < 4.78 is 0. The van der Waals surface area contributed by atoms with Gasteiger partial charge in [0, 0.05) is 37.9 Å². The molecule has 8 heteroatoms. The summed E-state index contributed by atoms with van der Waals surface area (Å²) in [6, 6.07) is 14.9. The summed E-state index contributed by atoms with van der Waals surface area (Å²) in [5.74, 6) is -0.974. The topological polar surface area (TPSA) is 87.0 Å². The van der Waals surface area contributed by atoms with Gasteiger partial charge in [-0.3, -0.25) is 19.7 Å². The number of carbonyl (C=O) groups is 2. The third-order valence-electron chi connectivity index (χ3n) is 7.00. The first-order chi connectivity index (χ1) is 15.5. The Kier molecular flexibility index (Phi) is 5.28. The third kappa shape index (κ3) is 3.49. The number of imide groups is 1. The Morgan fingerprint density at radius 3 is 1.97 bits per heavy atom. The van der Waals surface area contributed by atoms with E-state index in [-0.39, 0.29) is 29.3 Å². The first-order valence-corrected chi connectivity index (χ1v) is 11.3. The molecule has 2 aromatic carbocycles. The molecule has 8 nitrogen and oxygen atoms in total. The highest BCUT2D eigenvalue weighted by molar-refractivity contribution is 6.22.